The van der Waals surface area contributed by atoms with Gasteiger partial charge in [0.1, 0.15) is 0 Å². The molecule has 0 saturated carbocycles. The van der Waals surface area contributed by atoms with Crippen LogP contribution in [0.1, 0.15) is 18.4 Å². The molecule has 0 heterocycles. The maximum Gasteiger partial charge on any atom is 0.0537 e. The maximum absolute atomic E-state index is 2.54. The van der Waals surface area contributed by atoms with Gasteiger partial charge in [-0.1, -0.05) is 170 Å². The van der Waals surface area contributed by atoms with E-state index in [9.17, 15) is 0 Å². The largest absolute Gasteiger partial charge is 0.313 e. The number of rotatable bonds is 5. The summed E-state index contributed by atoms with van der Waals surface area (Å²) in [5, 5.41) is 12.8. The number of benzene rings is 9. The Kier molecular flexibility index (Phi) is 7.03. The molecule has 240 valence electrons. The van der Waals surface area contributed by atoms with Crippen LogP contribution in [-0.4, -0.2) is 0 Å². The Balaban J connectivity index is 1.18. The summed E-state index contributed by atoms with van der Waals surface area (Å²) in [5.74, 6) is 0. The first-order valence-corrected chi connectivity index (χ1v) is 17.9. The van der Waals surface area contributed by atoms with E-state index in [-0.39, 0.29) is 0 Å². The van der Waals surface area contributed by atoms with Crippen LogP contribution in [0.5, 0.6) is 0 Å². The molecule has 10 rings (SSSR count). The Hall–Kier alpha value is -6.44. The lowest BCUT2D eigenvalue weighted by molar-refractivity contribution is 0.934. The molecule has 51 heavy (non-hydrogen) atoms. The smallest absolute Gasteiger partial charge is 0.0537 e. The lowest BCUT2D eigenvalue weighted by Crippen LogP contribution is -2.18. The van der Waals surface area contributed by atoms with Crippen molar-refractivity contribution in [1.29, 1.82) is 0 Å². The van der Waals surface area contributed by atoms with Crippen LogP contribution in [-0.2, 0) is 0 Å². The van der Waals surface area contributed by atoms with Crippen molar-refractivity contribution in [2.45, 2.75) is 12.8 Å². The van der Waals surface area contributed by atoms with Crippen molar-refractivity contribution >= 4 is 70.8 Å². The van der Waals surface area contributed by atoms with Gasteiger partial charge in [-0.2, -0.15) is 0 Å². The van der Waals surface area contributed by atoms with Gasteiger partial charge in [-0.3, -0.25) is 0 Å². The summed E-state index contributed by atoms with van der Waals surface area (Å²) >= 11 is 0. The van der Waals surface area contributed by atoms with Crippen LogP contribution in [0.25, 0.3) is 70.6 Å². The third kappa shape index (κ3) is 4.93. The minimum Gasteiger partial charge on any atom is -0.313 e. The molecule has 1 aliphatic carbocycles. The summed E-state index contributed by atoms with van der Waals surface area (Å²) < 4.78 is 0. The van der Waals surface area contributed by atoms with Crippen LogP contribution < -0.4 is 4.90 Å². The number of fused-ring (bicyclic) bond motifs is 7. The Morgan fingerprint density at radius 2 is 0.863 bits per heavy atom. The molecule has 0 unspecified atom stereocenters. The van der Waals surface area contributed by atoms with Crippen LogP contribution in [0, 0.1) is 0 Å². The van der Waals surface area contributed by atoms with E-state index in [4.69, 9.17) is 0 Å². The fourth-order valence-electron chi connectivity index (χ4n) is 8.36. The van der Waals surface area contributed by atoms with Gasteiger partial charge >= 0.3 is 0 Å². The number of anilines is 2. The Morgan fingerprint density at radius 3 is 1.59 bits per heavy atom. The topological polar surface area (TPSA) is 3.24 Å². The first-order chi connectivity index (χ1) is 25.3. The van der Waals surface area contributed by atoms with Crippen LogP contribution in [0.2, 0.25) is 0 Å². The van der Waals surface area contributed by atoms with Crippen LogP contribution in [0.4, 0.5) is 11.4 Å². The van der Waals surface area contributed by atoms with Crippen LogP contribution >= 0.6 is 0 Å². The minimum absolute atomic E-state index is 0.925. The third-order valence-electron chi connectivity index (χ3n) is 10.8. The maximum atomic E-state index is 2.54. The van der Waals surface area contributed by atoms with Crippen molar-refractivity contribution in [3.05, 3.63) is 199 Å². The van der Waals surface area contributed by atoms with Gasteiger partial charge < -0.3 is 4.90 Å². The molecule has 0 bridgehead atoms. The lowest BCUT2D eigenvalue weighted by atomic mass is 9.89. The number of hydrogen-bond donors (Lipinski definition) is 0. The van der Waals surface area contributed by atoms with E-state index in [0.29, 0.717) is 0 Å². The molecule has 0 N–H and O–H groups in total. The SMILES string of the molecule is C1=C(c2cccc3c2ccc2ccccc23)CCC(N(c2ccc(-c3ccccc3)c3ccccc23)c2cccc3c2ccc2ccccc23)=C1. The van der Waals surface area contributed by atoms with E-state index in [0.717, 1.165) is 12.8 Å². The van der Waals surface area contributed by atoms with Crippen molar-refractivity contribution in [1.82, 2.24) is 0 Å². The normalized spacial score (nSPS) is 13.2. The van der Waals surface area contributed by atoms with Gasteiger partial charge in [-0.05, 0) is 96.4 Å². The molecule has 0 aromatic heterocycles. The summed E-state index contributed by atoms with van der Waals surface area (Å²) in [5.41, 5.74) is 8.89. The van der Waals surface area contributed by atoms with Crippen LogP contribution in [0.3, 0.4) is 0 Å². The van der Waals surface area contributed by atoms with E-state index >= 15 is 0 Å². The predicted octanol–water partition coefficient (Wildman–Crippen LogP) is 14.0. The summed E-state index contributed by atoms with van der Waals surface area (Å²) in [4.78, 5) is 2.54. The van der Waals surface area contributed by atoms with E-state index in [1.54, 1.807) is 0 Å². The summed E-state index contributed by atoms with van der Waals surface area (Å²) in [7, 11) is 0. The quantitative estimate of drug-likeness (QED) is 0.168. The van der Waals surface area contributed by atoms with Gasteiger partial charge in [0.25, 0.3) is 0 Å². The average Bonchev–Trinajstić information content (AvgIpc) is 3.21. The van der Waals surface area contributed by atoms with Crippen molar-refractivity contribution in [2.24, 2.45) is 0 Å². The Labute approximate surface area is 298 Å². The molecule has 1 aliphatic rings. The molecule has 0 radical (unpaired) electrons. The van der Waals surface area contributed by atoms with Gasteiger partial charge in [0.05, 0.1) is 11.4 Å². The molecule has 0 fully saturated rings. The molecule has 0 saturated heterocycles. The minimum atomic E-state index is 0.925. The second-order valence-electron chi connectivity index (χ2n) is 13.6. The van der Waals surface area contributed by atoms with Gasteiger partial charge in [0.15, 0.2) is 0 Å². The first-order valence-electron chi connectivity index (χ1n) is 17.9. The predicted molar refractivity (Wildman–Crippen MR) is 220 cm³/mol. The molecule has 0 spiro atoms. The highest BCUT2D eigenvalue weighted by molar-refractivity contribution is 6.14. The van der Waals surface area contributed by atoms with E-state index < -0.39 is 0 Å². The zero-order chi connectivity index (χ0) is 33.7. The number of allylic oxidation sites excluding steroid dienone is 4. The van der Waals surface area contributed by atoms with E-state index in [2.05, 4.69) is 193 Å². The average molecular weight is 650 g/mol. The fourth-order valence-corrected chi connectivity index (χ4v) is 8.36. The second-order valence-corrected chi connectivity index (χ2v) is 13.6. The molecular formula is C50H35N. The third-order valence-corrected chi connectivity index (χ3v) is 10.8. The first kappa shape index (κ1) is 29.5. The molecule has 9 aromatic carbocycles. The highest BCUT2D eigenvalue weighted by Gasteiger charge is 2.23. The van der Waals surface area contributed by atoms with E-state index in [1.165, 1.54) is 93.2 Å². The number of hydrogen-bond acceptors (Lipinski definition) is 1. The van der Waals surface area contributed by atoms with Crippen LogP contribution in [0.15, 0.2) is 194 Å². The van der Waals surface area contributed by atoms with Gasteiger partial charge in [0.2, 0.25) is 0 Å². The molecular weight excluding hydrogens is 615 g/mol. The molecule has 0 atom stereocenters. The summed E-state index contributed by atoms with van der Waals surface area (Å²) in [6.45, 7) is 0. The molecule has 1 nitrogen and oxygen atoms in total. The number of nitrogens with zero attached hydrogens (tertiary/aromatic N) is 1. The standard InChI is InChI=1S/C50H35N/c1-2-12-34(13-3-1)42-32-33-50(47-19-9-8-18-44(42)47)51(49-23-11-22-45-40-17-7-5-15-36(40)27-31-48(45)49)38-28-24-37(25-29-38)41-20-10-21-43-39-16-6-4-14-35(39)26-30-46(41)43/h1-24,26-28,30-33H,25,29H2. The van der Waals surface area contributed by atoms with Gasteiger partial charge in [-0.25, -0.2) is 0 Å². The molecule has 9 aromatic rings. The summed E-state index contributed by atoms with van der Waals surface area (Å²) in [6, 6.07) is 64.5. The summed E-state index contributed by atoms with van der Waals surface area (Å²) in [6.07, 6.45) is 6.63. The lowest BCUT2D eigenvalue weighted by Gasteiger charge is -2.32. The Morgan fingerprint density at radius 1 is 0.314 bits per heavy atom. The monoisotopic (exact) mass is 649 g/mol. The highest BCUT2D eigenvalue weighted by atomic mass is 15.2. The second kappa shape index (κ2) is 12.2. The highest BCUT2D eigenvalue weighted by Crippen LogP contribution is 2.45. The molecule has 0 aliphatic heterocycles. The van der Waals surface area contributed by atoms with Gasteiger partial charge in [-0.15, -0.1) is 0 Å². The molecule has 1 heteroatoms. The molecule has 0 amide bonds. The van der Waals surface area contributed by atoms with Gasteiger partial charge in [0, 0.05) is 16.5 Å². The fraction of sp³-hybridized carbons (Fsp3) is 0.0400. The van der Waals surface area contributed by atoms with Crippen molar-refractivity contribution in [3.8, 4) is 11.1 Å². The van der Waals surface area contributed by atoms with Crippen molar-refractivity contribution < 1.29 is 0 Å². The van der Waals surface area contributed by atoms with Crippen molar-refractivity contribution in [2.75, 3.05) is 4.90 Å². The Bertz CT molecular complexity index is 2860. The van der Waals surface area contributed by atoms with E-state index in [1.807, 2.05) is 0 Å². The zero-order valence-corrected chi connectivity index (χ0v) is 28.3. The van der Waals surface area contributed by atoms with Crippen molar-refractivity contribution in [3.63, 3.8) is 0 Å². The zero-order valence-electron chi connectivity index (χ0n) is 28.3.